The monoisotopic (exact) mass is 354 g/mol. The Labute approximate surface area is 154 Å². The number of ether oxygens (including phenoxy) is 1. The van der Waals surface area contributed by atoms with Crippen molar-refractivity contribution < 1.29 is 9.53 Å². The Bertz CT molecular complexity index is 685. The molecule has 1 fully saturated rings. The van der Waals surface area contributed by atoms with Crippen molar-refractivity contribution in [1.29, 1.82) is 0 Å². The quantitative estimate of drug-likeness (QED) is 0.773. The Morgan fingerprint density at radius 3 is 2.65 bits per heavy atom. The summed E-state index contributed by atoms with van der Waals surface area (Å²) >= 11 is 0. The molecule has 26 heavy (non-hydrogen) atoms. The van der Waals surface area contributed by atoms with E-state index < -0.39 is 0 Å². The number of nitrogens with one attached hydrogen (secondary N) is 1. The first-order valence-corrected chi connectivity index (χ1v) is 9.07. The molecule has 0 aliphatic carbocycles. The summed E-state index contributed by atoms with van der Waals surface area (Å²) in [6.45, 7) is 4.66. The summed E-state index contributed by atoms with van der Waals surface area (Å²) in [7, 11) is 2.06. The largest absolute Gasteiger partial charge is 0.378 e. The normalized spacial score (nSPS) is 14.1. The third-order valence-electron chi connectivity index (χ3n) is 4.50. The van der Waals surface area contributed by atoms with Crippen LogP contribution in [0.1, 0.15) is 16.8 Å². The molecule has 1 aromatic heterocycles. The predicted molar refractivity (Wildman–Crippen MR) is 104 cm³/mol. The molecule has 1 aliphatic heterocycles. The van der Waals surface area contributed by atoms with Gasteiger partial charge < -0.3 is 19.9 Å². The molecule has 6 nitrogen and oxygen atoms in total. The van der Waals surface area contributed by atoms with Crippen LogP contribution in [-0.2, 0) is 4.74 Å². The fourth-order valence-electron chi connectivity index (χ4n) is 2.93. The minimum atomic E-state index is -0.0756. The number of pyridine rings is 1. The zero-order valence-corrected chi connectivity index (χ0v) is 15.2. The number of rotatable bonds is 7. The molecule has 1 amide bonds. The van der Waals surface area contributed by atoms with Crippen molar-refractivity contribution in [3.05, 3.63) is 54.2 Å². The lowest BCUT2D eigenvalue weighted by Gasteiger charge is -2.27. The van der Waals surface area contributed by atoms with E-state index >= 15 is 0 Å². The van der Waals surface area contributed by atoms with E-state index in [0.29, 0.717) is 12.1 Å². The lowest BCUT2D eigenvalue weighted by Crippen LogP contribution is -2.36. The minimum Gasteiger partial charge on any atom is -0.378 e. The van der Waals surface area contributed by atoms with Crippen LogP contribution in [0, 0.1) is 0 Å². The first kappa shape index (κ1) is 18.2. The van der Waals surface area contributed by atoms with E-state index in [0.717, 1.165) is 45.1 Å². The van der Waals surface area contributed by atoms with Crippen molar-refractivity contribution in [2.45, 2.75) is 6.42 Å². The van der Waals surface area contributed by atoms with Gasteiger partial charge in [0.15, 0.2) is 0 Å². The molecule has 1 saturated heterocycles. The van der Waals surface area contributed by atoms with Gasteiger partial charge in [-0.3, -0.25) is 4.79 Å². The van der Waals surface area contributed by atoms with Crippen LogP contribution in [0.2, 0.25) is 0 Å². The molecule has 2 heterocycles. The standard InChI is InChI=1S/C20H26N4O2/c1-23(18-6-3-2-4-7-18)11-5-10-21-20(25)17-8-9-19(22-16-17)24-12-14-26-15-13-24/h2-4,6-9,16H,5,10-15H2,1H3,(H,21,25). The van der Waals surface area contributed by atoms with E-state index in [1.165, 1.54) is 5.69 Å². The molecule has 0 saturated carbocycles. The molecular formula is C20H26N4O2. The molecule has 1 N–H and O–H groups in total. The van der Waals surface area contributed by atoms with Gasteiger partial charge in [-0.1, -0.05) is 18.2 Å². The maximum atomic E-state index is 12.2. The molecule has 0 spiro atoms. The summed E-state index contributed by atoms with van der Waals surface area (Å²) < 4.78 is 5.35. The van der Waals surface area contributed by atoms with E-state index in [-0.39, 0.29) is 5.91 Å². The molecular weight excluding hydrogens is 328 g/mol. The number of carbonyl (C=O) groups is 1. The van der Waals surface area contributed by atoms with Gasteiger partial charge in [0, 0.05) is 45.1 Å². The van der Waals surface area contributed by atoms with E-state index in [9.17, 15) is 4.79 Å². The second kappa shape index (κ2) is 9.20. The summed E-state index contributed by atoms with van der Waals surface area (Å²) in [5.74, 6) is 0.822. The Morgan fingerprint density at radius 2 is 1.96 bits per heavy atom. The second-order valence-electron chi connectivity index (χ2n) is 6.37. The molecule has 0 bridgehead atoms. The van der Waals surface area contributed by atoms with Gasteiger partial charge in [-0.25, -0.2) is 4.98 Å². The van der Waals surface area contributed by atoms with Gasteiger partial charge in [-0.2, -0.15) is 0 Å². The minimum absolute atomic E-state index is 0.0756. The van der Waals surface area contributed by atoms with Crippen LogP contribution in [0.3, 0.4) is 0 Å². The Morgan fingerprint density at radius 1 is 1.19 bits per heavy atom. The Kier molecular flexibility index (Phi) is 6.44. The number of nitrogens with zero attached hydrogens (tertiary/aromatic N) is 3. The van der Waals surface area contributed by atoms with Crippen LogP contribution in [0.4, 0.5) is 11.5 Å². The molecule has 0 radical (unpaired) electrons. The highest BCUT2D eigenvalue weighted by atomic mass is 16.5. The van der Waals surface area contributed by atoms with Gasteiger partial charge >= 0.3 is 0 Å². The summed E-state index contributed by atoms with van der Waals surface area (Å²) in [6.07, 6.45) is 2.53. The Hall–Kier alpha value is -2.60. The highest BCUT2D eigenvalue weighted by molar-refractivity contribution is 5.94. The number of hydrogen-bond acceptors (Lipinski definition) is 5. The average molecular weight is 354 g/mol. The zero-order chi connectivity index (χ0) is 18.2. The van der Waals surface area contributed by atoms with Gasteiger partial charge in [-0.15, -0.1) is 0 Å². The molecule has 1 aliphatic rings. The third kappa shape index (κ3) is 4.95. The molecule has 0 atom stereocenters. The average Bonchev–Trinajstić information content (AvgIpc) is 2.72. The highest BCUT2D eigenvalue weighted by Crippen LogP contribution is 2.13. The van der Waals surface area contributed by atoms with Crippen LogP contribution in [-0.4, -0.2) is 57.3 Å². The SMILES string of the molecule is CN(CCCNC(=O)c1ccc(N2CCOCC2)nc1)c1ccccc1. The molecule has 1 aromatic carbocycles. The van der Waals surface area contributed by atoms with Crippen LogP contribution in [0.15, 0.2) is 48.7 Å². The van der Waals surface area contributed by atoms with E-state index in [4.69, 9.17) is 4.74 Å². The highest BCUT2D eigenvalue weighted by Gasteiger charge is 2.13. The number of carbonyl (C=O) groups excluding carboxylic acids is 1. The molecule has 6 heteroatoms. The summed E-state index contributed by atoms with van der Waals surface area (Å²) in [5, 5.41) is 2.97. The summed E-state index contributed by atoms with van der Waals surface area (Å²) in [4.78, 5) is 21.0. The predicted octanol–water partition coefficient (Wildman–Crippen LogP) is 2.17. The maximum Gasteiger partial charge on any atom is 0.252 e. The van der Waals surface area contributed by atoms with Gasteiger partial charge in [0.1, 0.15) is 5.82 Å². The lowest BCUT2D eigenvalue weighted by molar-refractivity contribution is 0.0953. The zero-order valence-electron chi connectivity index (χ0n) is 15.2. The fourth-order valence-corrected chi connectivity index (χ4v) is 2.93. The van der Waals surface area contributed by atoms with Gasteiger partial charge in [0.25, 0.3) is 5.91 Å². The Balaban J connectivity index is 1.42. The topological polar surface area (TPSA) is 57.7 Å². The second-order valence-corrected chi connectivity index (χ2v) is 6.37. The van der Waals surface area contributed by atoms with Crippen molar-refractivity contribution in [2.75, 3.05) is 56.2 Å². The number of anilines is 2. The third-order valence-corrected chi connectivity index (χ3v) is 4.50. The van der Waals surface area contributed by atoms with Crippen molar-refractivity contribution in [1.82, 2.24) is 10.3 Å². The van der Waals surface area contributed by atoms with E-state index in [2.05, 4.69) is 39.3 Å². The van der Waals surface area contributed by atoms with Crippen molar-refractivity contribution in [2.24, 2.45) is 0 Å². The van der Waals surface area contributed by atoms with Gasteiger partial charge in [-0.05, 0) is 30.7 Å². The number of hydrogen-bond donors (Lipinski definition) is 1. The first-order chi connectivity index (χ1) is 12.7. The summed E-state index contributed by atoms with van der Waals surface area (Å²) in [6, 6.07) is 14.0. The van der Waals surface area contributed by atoms with Gasteiger partial charge in [0.05, 0.1) is 18.8 Å². The van der Waals surface area contributed by atoms with E-state index in [1.54, 1.807) is 6.20 Å². The number of morpholine rings is 1. The van der Waals surface area contributed by atoms with Crippen molar-refractivity contribution in [3.8, 4) is 0 Å². The van der Waals surface area contributed by atoms with Crippen molar-refractivity contribution >= 4 is 17.4 Å². The first-order valence-electron chi connectivity index (χ1n) is 9.07. The molecule has 138 valence electrons. The van der Waals surface area contributed by atoms with Crippen molar-refractivity contribution in [3.63, 3.8) is 0 Å². The fraction of sp³-hybridized carbons (Fsp3) is 0.400. The van der Waals surface area contributed by atoms with Crippen LogP contribution < -0.4 is 15.1 Å². The molecule has 2 aromatic rings. The van der Waals surface area contributed by atoms with Crippen LogP contribution >= 0.6 is 0 Å². The molecule has 3 rings (SSSR count). The number of benzene rings is 1. The lowest BCUT2D eigenvalue weighted by atomic mass is 10.2. The molecule has 0 unspecified atom stereocenters. The van der Waals surface area contributed by atoms with Crippen LogP contribution in [0.25, 0.3) is 0 Å². The maximum absolute atomic E-state index is 12.2. The number of aromatic nitrogens is 1. The number of amides is 1. The van der Waals surface area contributed by atoms with Crippen LogP contribution in [0.5, 0.6) is 0 Å². The number of para-hydroxylation sites is 1. The van der Waals surface area contributed by atoms with E-state index in [1.807, 2.05) is 30.3 Å². The smallest absolute Gasteiger partial charge is 0.252 e. The van der Waals surface area contributed by atoms with Gasteiger partial charge in [0.2, 0.25) is 0 Å². The summed E-state index contributed by atoms with van der Waals surface area (Å²) in [5.41, 5.74) is 1.78.